The van der Waals surface area contributed by atoms with E-state index in [4.69, 9.17) is 4.74 Å². The van der Waals surface area contributed by atoms with Gasteiger partial charge in [-0.25, -0.2) is 0 Å². The molecule has 1 aromatic carbocycles. The van der Waals surface area contributed by atoms with Gasteiger partial charge in [0.25, 0.3) is 0 Å². The molecule has 0 aliphatic carbocycles. The minimum Gasteiger partial charge on any atom is -0.480 e. The van der Waals surface area contributed by atoms with Crippen LogP contribution < -0.4 is 4.74 Å². The first-order chi connectivity index (χ1) is 9.06. The number of esters is 1. The highest BCUT2D eigenvalue weighted by molar-refractivity contribution is 6.00. The molecule has 4 nitrogen and oxygen atoms in total. The van der Waals surface area contributed by atoms with Crippen molar-refractivity contribution in [3.8, 4) is 5.75 Å². The molecular formula is C15H16O4. The van der Waals surface area contributed by atoms with Crippen LogP contribution in [0.1, 0.15) is 12.8 Å². The number of carbonyl (C=O) groups is 2. The summed E-state index contributed by atoms with van der Waals surface area (Å²) in [7, 11) is 0. The number of ether oxygens (including phenoxy) is 1. The van der Waals surface area contributed by atoms with Crippen LogP contribution in [0.15, 0.2) is 55.6 Å². The quantitative estimate of drug-likeness (QED) is 0.354. The summed E-state index contributed by atoms with van der Waals surface area (Å²) in [4.78, 5) is 23.6. The summed E-state index contributed by atoms with van der Waals surface area (Å²) < 4.78 is 5.13. The normalized spacial score (nSPS) is 10.5. The molecule has 0 saturated carbocycles. The van der Waals surface area contributed by atoms with Crippen molar-refractivity contribution in [2.45, 2.75) is 12.8 Å². The maximum absolute atomic E-state index is 12.2. The molecule has 0 radical (unpaired) electrons. The average Bonchev–Trinajstić information content (AvgIpc) is 2.39. The van der Waals surface area contributed by atoms with Crippen LogP contribution in [0.4, 0.5) is 0 Å². The number of carboxylic acid groups (broad SMARTS) is 1. The molecule has 0 amide bonds. The first-order valence-corrected chi connectivity index (χ1v) is 5.79. The maximum Gasteiger partial charge on any atom is 0.329 e. The number of allylic oxidation sites excluding steroid dienone is 2. The SMILES string of the molecule is C=CCC(CC=C)(C(=O)O)C(=O)Oc1ccccc1. The lowest BCUT2D eigenvalue weighted by molar-refractivity contribution is -0.162. The Hall–Kier alpha value is -2.36. The Kier molecular flexibility index (Phi) is 5.06. The maximum atomic E-state index is 12.2. The average molecular weight is 260 g/mol. The largest absolute Gasteiger partial charge is 0.480 e. The first kappa shape index (κ1) is 14.7. The summed E-state index contributed by atoms with van der Waals surface area (Å²) in [5.41, 5.74) is -1.67. The van der Waals surface area contributed by atoms with Crippen LogP contribution >= 0.6 is 0 Å². The number of hydrogen-bond donors (Lipinski definition) is 1. The molecule has 0 bridgehead atoms. The molecule has 0 unspecified atom stereocenters. The summed E-state index contributed by atoms with van der Waals surface area (Å²) in [6, 6.07) is 8.35. The van der Waals surface area contributed by atoms with Crippen LogP contribution in [0.25, 0.3) is 0 Å². The minimum absolute atomic E-state index is 0.0139. The number of benzene rings is 1. The molecule has 0 fully saturated rings. The van der Waals surface area contributed by atoms with E-state index in [1.807, 2.05) is 0 Å². The van der Waals surface area contributed by atoms with Gasteiger partial charge < -0.3 is 9.84 Å². The Labute approximate surface area is 112 Å². The van der Waals surface area contributed by atoms with Gasteiger partial charge in [0.15, 0.2) is 5.41 Å². The second-order valence-electron chi connectivity index (χ2n) is 4.08. The van der Waals surface area contributed by atoms with E-state index in [1.54, 1.807) is 30.3 Å². The van der Waals surface area contributed by atoms with Gasteiger partial charge in [-0.1, -0.05) is 30.4 Å². The Morgan fingerprint density at radius 1 is 1.16 bits per heavy atom. The third-order valence-corrected chi connectivity index (χ3v) is 2.74. The third kappa shape index (κ3) is 3.31. The highest BCUT2D eigenvalue weighted by Gasteiger charge is 2.46. The molecule has 1 aromatic rings. The molecule has 0 aromatic heterocycles. The number of para-hydroxylation sites is 1. The van der Waals surface area contributed by atoms with Gasteiger partial charge in [0, 0.05) is 0 Å². The molecule has 19 heavy (non-hydrogen) atoms. The Morgan fingerprint density at radius 2 is 1.68 bits per heavy atom. The topological polar surface area (TPSA) is 63.6 Å². The van der Waals surface area contributed by atoms with Crippen LogP contribution in [0.3, 0.4) is 0 Å². The molecule has 1 rings (SSSR count). The van der Waals surface area contributed by atoms with Crippen molar-refractivity contribution in [3.63, 3.8) is 0 Å². The Morgan fingerprint density at radius 3 is 2.11 bits per heavy atom. The zero-order chi connectivity index (χ0) is 14.3. The lowest BCUT2D eigenvalue weighted by Crippen LogP contribution is -2.41. The third-order valence-electron chi connectivity index (χ3n) is 2.74. The molecule has 0 heterocycles. The van der Waals surface area contributed by atoms with Gasteiger partial charge in [-0.15, -0.1) is 13.2 Å². The van der Waals surface area contributed by atoms with Gasteiger partial charge in [0.2, 0.25) is 0 Å². The van der Waals surface area contributed by atoms with Crippen molar-refractivity contribution < 1.29 is 19.4 Å². The van der Waals surface area contributed by atoms with Crippen LogP contribution in [0.5, 0.6) is 5.75 Å². The minimum atomic E-state index is -1.67. The number of carbonyl (C=O) groups excluding carboxylic acids is 1. The van der Waals surface area contributed by atoms with Crippen LogP contribution in [-0.2, 0) is 9.59 Å². The van der Waals surface area contributed by atoms with Crippen LogP contribution in [0, 0.1) is 5.41 Å². The molecule has 0 atom stereocenters. The van der Waals surface area contributed by atoms with Crippen molar-refractivity contribution >= 4 is 11.9 Å². The molecular weight excluding hydrogens is 244 g/mol. The number of aliphatic carboxylic acids is 1. The van der Waals surface area contributed by atoms with E-state index >= 15 is 0 Å². The van der Waals surface area contributed by atoms with Crippen molar-refractivity contribution in [1.29, 1.82) is 0 Å². The molecule has 1 N–H and O–H groups in total. The fourth-order valence-corrected chi connectivity index (χ4v) is 1.70. The highest BCUT2D eigenvalue weighted by Crippen LogP contribution is 2.30. The van der Waals surface area contributed by atoms with E-state index in [1.165, 1.54) is 12.2 Å². The molecule has 0 spiro atoms. The fraction of sp³-hybridized carbons (Fsp3) is 0.200. The van der Waals surface area contributed by atoms with Gasteiger partial charge in [0.05, 0.1) is 0 Å². The van der Waals surface area contributed by atoms with Crippen molar-refractivity contribution in [3.05, 3.63) is 55.6 Å². The zero-order valence-corrected chi connectivity index (χ0v) is 10.5. The summed E-state index contributed by atoms with van der Waals surface area (Å²) >= 11 is 0. The Bertz CT molecular complexity index is 466. The molecule has 100 valence electrons. The zero-order valence-electron chi connectivity index (χ0n) is 10.5. The number of rotatable bonds is 7. The van der Waals surface area contributed by atoms with Gasteiger partial charge in [0.1, 0.15) is 5.75 Å². The lowest BCUT2D eigenvalue weighted by Gasteiger charge is -2.24. The molecule has 0 aliphatic rings. The van der Waals surface area contributed by atoms with Crippen molar-refractivity contribution in [1.82, 2.24) is 0 Å². The van der Waals surface area contributed by atoms with Gasteiger partial charge in [-0.05, 0) is 25.0 Å². The van der Waals surface area contributed by atoms with Gasteiger partial charge >= 0.3 is 11.9 Å². The predicted octanol–water partition coefficient (Wildman–Crippen LogP) is 2.82. The van der Waals surface area contributed by atoms with E-state index in [2.05, 4.69) is 13.2 Å². The Balaban J connectivity index is 3.03. The van der Waals surface area contributed by atoms with E-state index < -0.39 is 17.4 Å². The van der Waals surface area contributed by atoms with Crippen LogP contribution in [-0.4, -0.2) is 17.0 Å². The molecule has 0 aliphatic heterocycles. The number of hydrogen-bond acceptors (Lipinski definition) is 3. The summed E-state index contributed by atoms with van der Waals surface area (Å²) in [5.74, 6) is -1.74. The van der Waals surface area contributed by atoms with E-state index in [9.17, 15) is 14.7 Å². The van der Waals surface area contributed by atoms with Gasteiger partial charge in [-0.2, -0.15) is 0 Å². The first-order valence-electron chi connectivity index (χ1n) is 5.79. The van der Waals surface area contributed by atoms with E-state index in [-0.39, 0.29) is 12.8 Å². The summed E-state index contributed by atoms with van der Waals surface area (Å²) in [6.07, 6.45) is 2.76. The van der Waals surface area contributed by atoms with E-state index in [0.29, 0.717) is 5.75 Å². The van der Waals surface area contributed by atoms with Crippen LogP contribution in [0.2, 0.25) is 0 Å². The predicted molar refractivity (Wildman–Crippen MR) is 71.8 cm³/mol. The summed E-state index contributed by atoms with van der Waals surface area (Å²) in [5, 5.41) is 9.34. The molecule has 0 saturated heterocycles. The standard InChI is InChI=1S/C15H16O4/c1-3-10-15(11-4-2,13(16)17)14(18)19-12-8-6-5-7-9-12/h3-9H,1-2,10-11H2,(H,16,17). The lowest BCUT2D eigenvalue weighted by atomic mass is 9.81. The van der Waals surface area contributed by atoms with Crippen molar-refractivity contribution in [2.75, 3.05) is 0 Å². The second kappa shape index (κ2) is 6.54. The highest BCUT2D eigenvalue weighted by atomic mass is 16.5. The monoisotopic (exact) mass is 260 g/mol. The smallest absolute Gasteiger partial charge is 0.329 e. The van der Waals surface area contributed by atoms with E-state index in [0.717, 1.165) is 0 Å². The fourth-order valence-electron chi connectivity index (χ4n) is 1.70. The van der Waals surface area contributed by atoms with Crippen molar-refractivity contribution in [2.24, 2.45) is 5.41 Å². The summed E-state index contributed by atoms with van der Waals surface area (Å²) in [6.45, 7) is 6.99. The molecule has 4 heteroatoms. The number of carboxylic acids is 1. The second-order valence-corrected chi connectivity index (χ2v) is 4.08. The van der Waals surface area contributed by atoms with Gasteiger partial charge in [-0.3, -0.25) is 9.59 Å².